The molecule has 68 valence electrons. The second-order valence-electron chi connectivity index (χ2n) is 3.06. The molecule has 0 saturated carbocycles. The van der Waals surface area contributed by atoms with E-state index >= 15 is 0 Å². The van der Waals surface area contributed by atoms with Gasteiger partial charge in [-0.15, -0.1) is 0 Å². The van der Waals surface area contributed by atoms with E-state index in [0.29, 0.717) is 0 Å². The van der Waals surface area contributed by atoms with Crippen molar-refractivity contribution in [2.75, 3.05) is 27.3 Å². The van der Waals surface area contributed by atoms with Gasteiger partial charge in [0.05, 0.1) is 0 Å². The molecule has 0 unspecified atom stereocenters. The van der Waals surface area contributed by atoms with Crippen LogP contribution in [0.5, 0.6) is 0 Å². The summed E-state index contributed by atoms with van der Waals surface area (Å²) in [4.78, 5) is 5.31. The van der Waals surface area contributed by atoms with Crippen LogP contribution in [-0.4, -0.2) is 37.2 Å². The van der Waals surface area contributed by atoms with Crippen LogP contribution in [0.1, 0.15) is 5.56 Å². The van der Waals surface area contributed by atoms with Gasteiger partial charge in [0, 0.05) is 25.6 Å². The molecule has 3 nitrogen and oxygen atoms in total. The lowest BCUT2D eigenvalue weighted by molar-refractivity contribution is 0.321. The topological polar surface area (TPSA) is 31.1 Å². The van der Waals surface area contributed by atoms with E-state index in [-0.39, 0.29) is 0 Å². The monoisotopic (exact) mass is 167 g/mol. The van der Waals surface area contributed by atoms with Crippen LogP contribution < -0.4 is 5.32 Å². The fourth-order valence-electron chi connectivity index (χ4n) is 1.18. The summed E-state index contributed by atoms with van der Waals surface area (Å²) >= 11 is 0. The molecule has 0 saturated heterocycles. The molecule has 0 aromatic carbocycles. The average Bonchev–Trinajstić information content (AvgIpc) is 2.53. The maximum absolute atomic E-state index is 3.12. The normalized spacial score (nSPS) is 10.9. The first-order chi connectivity index (χ1) is 5.83. The maximum Gasteiger partial charge on any atom is 0.0475 e. The average molecular weight is 167 g/mol. The standard InChI is InChI=1S/C9H17N3/c1-10-8-12(2)6-4-9-3-5-11-7-9/h3,5,7,10-11H,4,6,8H2,1-2H3. The molecule has 0 aliphatic rings. The molecule has 0 aliphatic heterocycles. The van der Waals surface area contributed by atoms with Gasteiger partial charge in [0.25, 0.3) is 0 Å². The van der Waals surface area contributed by atoms with Gasteiger partial charge in [0.1, 0.15) is 0 Å². The Labute approximate surface area is 73.8 Å². The summed E-state index contributed by atoms with van der Waals surface area (Å²) in [6, 6.07) is 2.12. The van der Waals surface area contributed by atoms with Crippen molar-refractivity contribution < 1.29 is 0 Å². The number of likely N-dealkylation sites (N-methyl/N-ethyl adjacent to an activating group) is 1. The maximum atomic E-state index is 3.12. The minimum absolute atomic E-state index is 0.949. The first-order valence-corrected chi connectivity index (χ1v) is 4.27. The van der Waals surface area contributed by atoms with Crippen molar-refractivity contribution in [2.24, 2.45) is 0 Å². The van der Waals surface area contributed by atoms with Crippen LogP contribution in [0.15, 0.2) is 18.5 Å². The van der Waals surface area contributed by atoms with E-state index < -0.39 is 0 Å². The zero-order valence-electron chi connectivity index (χ0n) is 7.80. The largest absolute Gasteiger partial charge is 0.367 e. The van der Waals surface area contributed by atoms with E-state index in [0.717, 1.165) is 19.6 Å². The summed E-state index contributed by atoms with van der Waals surface area (Å²) in [6.07, 6.45) is 5.13. The quantitative estimate of drug-likeness (QED) is 0.631. The molecule has 1 rings (SSSR count). The number of hydrogen-bond acceptors (Lipinski definition) is 2. The Morgan fingerprint density at radius 3 is 3.00 bits per heavy atom. The highest BCUT2D eigenvalue weighted by atomic mass is 15.2. The third-order valence-electron chi connectivity index (χ3n) is 1.87. The molecule has 0 amide bonds. The Balaban J connectivity index is 2.17. The van der Waals surface area contributed by atoms with Crippen LogP contribution >= 0.6 is 0 Å². The second-order valence-corrected chi connectivity index (χ2v) is 3.06. The zero-order valence-corrected chi connectivity index (χ0v) is 7.80. The van der Waals surface area contributed by atoms with Gasteiger partial charge in [-0.2, -0.15) is 0 Å². The van der Waals surface area contributed by atoms with Gasteiger partial charge in [-0.25, -0.2) is 0 Å². The van der Waals surface area contributed by atoms with Crippen molar-refractivity contribution >= 4 is 0 Å². The van der Waals surface area contributed by atoms with Crippen LogP contribution in [0.25, 0.3) is 0 Å². The lowest BCUT2D eigenvalue weighted by Gasteiger charge is -2.14. The minimum atomic E-state index is 0.949. The molecule has 0 spiro atoms. The molecular weight excluding hydrogens is 150 g/mol. The van der Waals surface area contributed by atoms with E-state index in [1.54, 1.807) is 0 Å². The molecule has 1 aromatic heterocycles. The zero-order chi connectivity index (χ0) is 8.81. The molecule has 0 bridgehead atoms. The van der Waals surface area contributed by atoms with E-state index in [2.05, 4.69) is 28.3 Å². The molecule has 1 heterocycles. The van der Waals surface area contributed by atoms with Crippen molar-refractivity contribution in [3.05, 3.63) is 24.0 Å². The third-order valence-corrected chi connectivity index (χ3v) is 1.87. The van der Waals surface area contributed by atoms with Crippen molar-refractivity contribution in [2.45, 2.75) is 6.42 Å². The van der Waals surface area contributed by atoms with Crippen molar-refractivity contribution in [1.82, 2.24) is 15.2 Å². The van der Waals surface area contributed by atoms with Crippen LogP contribution in [0, 0.1) is 0 Å². The minimum Gasteiger partial charge on any atom is -0.367 e. The highest BCUT2D eigenvalue weighted by Gasteiger charge is 1.97. The fraction of sp³-hybridized carbons (Fsp3) is 0.556. The Kier molecular flexibility index (Phi) is 3.84. The van der Waals surface area contributed by atoms with Gasteiger partial charge in [-0.1, -0.05) is 0 Å². The Bertz CT molecular complexity index is 194. The van der Waals surface area contributed by atoms with Crippen LogP contribution in [0.4, 0.5) is 0 Å². The van der Waals surface area contributed by atoms with Crippen molar-refractivity contribution in [3.63, 3.8) is 0 Å². The summed E-state index contributed by atoms with van der Waals surface area (Å²) < 4.78 is 0. The first kappa shape index (κ1) is 9.29. The number of aromatic amines is 1. The van der Waals surface area contributed by atoms with Gasteiger partial charge in [0.15, 0.2) is 0 Å². The molecule has 0 fully saturated rings. The summed E-state index contributed by atoms with van der Waals surface area (Å²) in [5, 5.41) is 3.12. The number of H-pyrrole nitrogens is 1. The van der Waals surface area contributed by atoms with Crippen LogP contribution in [0.2, 0.25) is 0 Å². The number of rotatable bonds is 5. The molecule has 1 aromatic rings. The highest BCUT2D eigenvalue weighted by Crippen LogP contribution is 1.97. The van der Waals surface area contributed by atoms with Crippen molar-refractivity contribution in [3.8, 4) is 0 Å². The van der Waals surface area contributed by atoms with Crippen LogP contribution in [0.3, 0.4) is 0 Å². The number of aromatic nitrogens is 1. The lowest BCUT2D eigenvalue weighted by Crippen LogP contribution is -2.30. The number of nitrogens with zero attached hydrogens (tertiary/aromatic N) is 1. The summed E-state index contributed by atoms with van der Waals surface area (Å²) in [5.74, 6) is 0. The van der Waals surface area contributed by atoms with E-state index in [9.17, 15) is 0 Å². The molecule has 12 heavy (non-hydrogen) atoms. The van der Waals surface area contributed by atoms with Gasteiger partial charge in [-0.3, -0.25) is 4.90 Å². The predicted molar refractivity (Wildman–Crippen MR) is 51.1 cm³/mol. The highest BCUT2D eigenvalue weighted by molar-refractivity contribution is 5.08. The molecule has 3 heteroatoms. The molecule has 0 aliphatic carbocycles. The first-order valence-electron chi connectivity index (χ1n) is 4.27. The van der Waals surface area contributed by atoms with Crippen molar-refractivity contribution in [1.29, 1.82) is 0 Å². The summed E-state index contributed by atoms with van der Waals surface area (Å²) in [5.41, 5.74) is 1.37. The number of hydrogen-bond donors (Lipinski definition) is 2. The van der Waals surface area contributed by atoms with Gasteiger partial charge in [0.2, 0.25) is 0 Å². The Morgan fingerprint density at radius 1 is 1.58 bits per heavy atom. The predicted octanol–water partition coefficient (Wildman–Crippen LogP) is 0.666. The Hall–Kier alpha value is -0.800. The second kappa shape index (κ2) is 4.95. The van der Waals surface area contributed by atoms with Gasteiger partial charge >= 0.3 is 0 Å². The van der Waals surface area contributed by atoms with E-state index in [1.165, 1.54) is 5.56 Å². The lowest BCUT2D eigenvalue weighted by atomic mass is 10.2. The molecule has 0 atom stereocenters. The SMILES string of the molecule is CNCN(C)CCc1cc[nH]c1. The van der Waals surface area contributed by atoms with E-state index in [1.807, 2.05) is 19.4 Å². The van der Waals surface area contributed by atoms with Crippen LogP contribution in [-0.2, 0) is 6.42 Å². The summed E-state index contributed by atoms with van der Waals surface area (Å²) in [6.45, 7) is 2.04. The van der Waals surface area contributed by atoms with Gasteiger partial charge in [-0.05, 0) is 32.1 Å². The molecule has 0 radical (unpaired) electrons. The third kappa shape index (κ3) is 3.07. The van der Waals surface area contributed by atoms with E-state index in [4.69, 9.17) is 0 Å². The smallest absolute Gasteiger partial charge is 0.0475 e. The fourth-order valence-corrected chi connectivity index (χ4v) is 1.18. The molecule has 2 N–H and O–H groups in total. The molecular formula is C9H17N3. The number of nitrogens with one attached hydrogen (secondary N) is 2. The Morgan fingerprint density at radius 2 is 2.42 bits per heavy atom. The summed E-state index contributed by atoms with van der Waals surface area (Å²) in [7, 11) is 4.08. The van der Waals surface area contributed by atoms with Gasteiger partial charge < -0.3 is 10.3 Å².